The molecular formula is C16H15N3O7. The Hall–Kier alpha value is -3.30. The largest absolute Gasteiger partial charge is 0.491 e. The molecule has 4 amide bonds. The lowest BCUT2D eigenvalue weighted by Gasteiger charge is -2.27. The SMILES string of the molecule is CC(C)Oc1cc2c(c([N+](=O)[O-])c1)C(=O)N(C1CCC(=O)NC1=O)C2=O. The number of ether oxygens (including phenoxy) is 1. The summed E-state index contributed by atoms with van der Waals surface area (Å²) in [6.45, 7) is 3.42. The normalized spacial score (nSPS) is 19.7. The summed E-state index contributed by atoms with van der Waals surface area (Å²) in [5.41, 5.74) is -1.13. The van der Waals surface area contributed by atoms with Crippen molar-refractivity contribution in [3.8, 4) is 5.75 Å². The minimum Gasteiger partial charge on any atom is -0.491 e. The van der Waals surface area contributed by atoms with Crippen LogP contribution >= 0.6 is 0 Å². The molecule has 0 saturated carbocycles. The highest BCUT2D eigenvalue weighted by molar-refractivity contribution is 6.25. The first-order valence-electron chi connectivity index (χ1n) is 7.91. The molecule has 1 aromatic rings. The van der Waals surface area contributed by atoms with Crippen LogP contribution in [0.5, 0.6) is 5.75 Å². The molecule has 0 spiro atoms. The predicted octanol–water partition coefficient (Wildman–Crippen LogP) is 0.783. The minimum atomic E-state index is -1.19. The van der Waals surface area contributed by atoms with E-state index in [1.807, 2.05) is 0 Å². The zero-order valence-corrected chi connectivity index (χ0v) is 14.0. The van der Waals surface area contributed by atoms with Crippen molar-refractivity contribution in [1.29, 1.82) is 0 Å². The molecule has 10 heteroatoms. The van der Waals surface area contributed by atoms with E-state index in [1.54, 1.807) is 13.8 Å². The minimum absolute atomic E-state index is 0.0285. The zero-order chi connectivity index (χ0) is 19.2. The van der Waals surface area contributed by atoms with Gasteiger partial charge in [-0.05, 0) is 26.3 Å². The first kappa shape index (κ1) is 17.5. The van der Waals surface area contributed by atoms with Gasteiger partial charge in [-0.3, -0.25) is 39.5 Å². The number of carbonyl (C=O) groups is 4. The van der Waals surface area contributed by atoms with Crippen LogP contribution in [-0.4, -0.2) is 45.6 Å². The van der Waals surface area contributed by atoms with Crippen LogP contribution in [0.4, 0.5) is 5.69 Å². The van der Waals surface area contributed by atoms with E-state index in [-0.39, 0.29) is 35.8 Å². The molecule has 1 unspecified atom stereocenters. The van der Waals surface area contributed by atoms with Gasteiger partial charge in [0.1, 0.15) is 17.4 Å². The number of benzene rings is 1. The van der Waals surface area contributed by atoms with Gasteiger partial charge in [0.25, 0.3) is 17.5 Å². The molecule has 1 saturated heterocycles. The molecule has 0 bridgehead atoms. The maximum absolute atomic E-state index is 12.7. The van der Waals surface area contributed by atoms with Crippen molar-refractivity contribution in [3.05, 3.63) is 33.4 Å². The summed E-state index contributed by atoms with van der Waals surface area (Å²) in [4.78, 5) is 60.0. The van der Waals surface area contributed by atoms with Gasteiger partial charge in [-0.15, -0.1) is 0 Å². The number of amides is 4. The number of rotatable bonds is 4. The van der Waals surface area contributed by atoms with Crippen LogP contribution in [0.3, 0.4) is 0 Å². The molecule has 2 aliphatic rings. The van der Waals surface area contributed by atoms with Crippen LogP contribution in [-0.2, 0) is 9.59 Å². The van der Waals surface area contributed by atoms with Gasteiger partial charge in [0.05, 0.1) is 22.7 Å². The van der Waals surface area contributed by atoms with Gasteiger partial charge in [-0.25, -0.2) is 0 Å². The van der Waals surface area contributed by atoms with Crippen molar-refractivity contribution >= 4 is 29.3 Å². The molecule has 1 atom stereocenters. The molecule has 1 N–H and O–H groups in total. The van der Waals surface area contributed by atoms with Crippen LogP contribution in [0.1, 0.15) is 47.4 Å². The first-order chi connectivity index (χ1) is 12.2. The van der Waals surface area contributed by atoms with Gasteiger partial charge in [-0.1, -0.05) is 0 Å². The van der Waals surface area contributed by atoms with E-state index in [0.717, 1.165) is 6.07 Å². The lowest BCUT2D eigenvalue weighted by molar-refractivity contribution is -0.385. The van der Waals surface area contributed by atoms with Crippen LogP contribution < -0.4 is 10.1 Å². The van der Waals surface area contributed by atoms with Crippen molar-refractivity contribution in [1.82, 2.24) is 10.2 Å². The van der Waals surface area contributed by atoms with E-state index < -0.39 is 40.3 Å². The number of nitrogens with one attached hydrogen (secondary N) is 1. The van der Waals surface area contributed by atoms with Gasteiger partial charge in [-0.2, -0.15) is 0 Å². The third-order valence-electron chi connectivity index (χ3n) is 4.06. The van der Waals surface area contributed by atoms with E-state index >= 15 is 0 Å². The number of nitro benzene ring substituents is 1. The summed E-state index contributed by atoms with van der Waals surface area (Å²) in [5, 5.41) is 13.5. The molecule has 2 heterocycles. The Kier molecular flexibility index (Phi) is 4.18. The molecule has 136 valence electrons. The molecule has 0 aliphatic carbocycles. The number of piperidine rings is 1. The summed E-state index contributed by atoms with van der Waals surface area (Å²) in [6.07, 6.45) is -0.363. The molecule has 0 aromatic heterocycles. The van der Waals surface area contributed by atoms with Crippen LogP contribution in [0, 0.1) is 10.1 Å². The van der Waals surface area contributed by atoms with Crippen molar-refractivity contribution in [2.75, 3.05) is 0 Å². The van der Waals surface area contributed by atoms with Crippen molar-refractivity contribution in [2.45, 2.75) is 38.8 Å². The zero-order valence-electron chi connectivity index (χ0n) is 14.0. The summed E-state index contributed by atoms with van der Waals surface area (Å²) in [6, 6.07) is 1.15. The maximum Gasteiger partial charge on any atom is 0.286 e. The summed E-state index contributed by atoms with van der Waals surface area (Å²) >= 11 is 0. The van der Waals surface area contributed by atoms with E-state index in [2.05, 4.69) is 5.32 Å². The molecule has 1 aromatic carbocycles. The smallest absolute Gasteiger partial charge is 0.286 e. The van der Waals surface area contributed by atoms with E-state index in [1.165, 1.54) is 6.07 Å². The molecule has 10 nitrogen and oxygen atoms in total. The Morgan fingerprint density at radius 1 is 1.23 bits per heavy atom. The summed E-state index contributed by atoms with van der Waals surface area (Å²) in [7, 11) is 0. The van der Waals surface area contributed by atoms with Gasteiger partial charge < -0.3 is 4.74 Å². The van der Waals surface area contributed by atoms with Crippen molar-refractivity contribution in [2.24, 2.45) is 0 Å². The third kappa shape index (κ3) is 2.79. The van der Waals surface area contributed by atoms with E-state index in [0.29, 0.717) is 4.90 Å². The summed E-state index contributed by atoms with van der Waals surface area (Å²) < 4.78 is 5.42. The number of nitro groups is 1. The third-order valence-corrected chi connectivity index (χ3v) is 4.06. The number of imide groups is 2. The van der Waals surface area contributed by atoms with Crippen LogP contribution in [0.25, 0.3) is 0 Å². The molecule has 3 rings (SSSR count). The number of hydrogen-bond acceptors (Lipinski definition) is 7. The highest BCUT2D eigenvalue weighted by Crippen LogP contribution is 2.37. The van der Waals surface area contributed by atoms with E-state index in [4.69, 9.17) is 4.74 Å². The van der Waals surface area contributed by atoms with E-state index in [9.17, 15) is 29.3 Å². The molecule has 1 fully saturated rings. The molecular weight excluding hydrogens is 346 g/mol. The van der Waals surface area contributed by atoms with Gasteiger partial charge >= 0.3 is 0 Å². The molecule has 0 radical (unpaired) electrons. The second-order valence-electron chi connectivity index (χ2n) is 6.24. The van der Waals surface area contributed by atoms with Crippen molar-refractivity contribution in [3.63, 3.8) is 0 Å². The molecule has 26 heavy (non-hydrogen) atoms. The summed E-state index contributed by atoms with van der Waals surface area (Å²) in [5.74, 6) is -2.95. The van der Waals surface area contributed by atoms with Gasteiger partial charge in [0.2, 0.25) is 11.8 Å². The second kappa shape index (κ2) is 6.21. The number of carbonyl (C=O) groups excluding carboxylic acids is 4. The Labute approximate surface area is 147 Å². The second-order valence-corrected chi connectivity index (χ2v) is 6.24. The average molecular weight is 361 g/mol. The fourth-order valence-electron chi connectivity index (χ4n) is 3.03. The Morgan fingerprint density at radius 2 is 1.92 bits per heavy atom. The fraction of sp³-hybridized carbons (Fsp3) is 0.375. The van der Waals surface area contributed by atoms with Gasteiger partial charge in [0, 0.05) is 6.42 Å². The number of hydrogen-bond donors (Lipinski definition) is 1. The Bertz CT molecular complexity index is 862. The monoisotopic (exact) mass is 361 g/mol. The lowest BCUT2D eigenvalue weighted by atomic mass is 10.0. The van der Waals surface area contributed by atoms with Crippen molar-refractivity contribution < 1.29 is 28.8 Å². The highest BCUT2D eigenvalue weighted by atomic mass is 16.6. The quantitative estimate of drug-likeness (QED) is 0.475. The standard InChI is InChI=1S/C16H15N3O7/c1-7(2)26-8-5-9-13(11(6-8)19(24)25)16(23)18(15(9)22)10-3-4-12(20)17-14(10)21/h5-7,10H,3-4H2,1-2H3,(H,17,20,21). The number of nitrogens with zero attached hydrogens (tertiary/aromatic N) is 2. The number of fused-ring (bicyclic) bond motifs is 1. The highest BCUT2D eigenvalue weighted by Gasteiger charge is 2.48. The first-order valence-corrected chi connectivity index (χ1v) is 7.91. The predicted molar refractivity (Wildman–Crippen MR) is 85.5 cm³/mol. The fourth-order valence-corrected chi connectivity index (χ4v) is 3.03. The Morgan fingerprint density at radius 3 is 2.50 bits per heavy atom. The molecule has 2 aliphatic heterocycles. The topological polar surface area (TPSA) is 136 Å². The maximum atomic E-state index is 12.7. The lowest BCUT2D eigenvalue weighted by Crippen LogP contribution is -2.54. The van der Waals surface area contributed by atoms with Crippen LogP contribution in [0.15, 0.2) is 12.1 Å². The van der Waals surface area contributed by atoms with Crippen LogP contribution in [0.2, 0.25) is 0 Å². The Balaban J connectivity index is 2.06. The average Bonchev–Trinajstić information content (AvgIpc) is 2.78. The van der Waals surface area contributed by atoms with Gasteiger partial charge in [0.15, 0.2) is 0 Å².